The first kappa shape index (κ1) is 21.5. The molecule has 3 rings (SSSR count). The second kappa shape index (κ2) is 11.1. The van der Waals surface area contributed by atoms with Crippen LogP contribution in [0.5, 0.6) is 0 Å². The molecule has 2 aromatic carbocycles. The summed E-state index contributed by atoms with van der Waals surface area (Å²) >= 11 is 0.455. The number of benzene rings is 2. The van der Waals surface area contributed by atoms with Crippen molar-refractivity contribution >= 4 is 29.4 Å². The van der Waals surface area contributed by atoms with E-state index in [2.05, 4.69) is 29.6 Å². The number of amides is 1. The van der Waals surface area contributed by atoms with Crippen LogP contribution in [0.25, 0.3) is 6.08 Å². The summed E-state index contributed by atoms with van der Waals surface area (Å²) in [6.45, 7) is 5.22. The number of hydrogen-bond donors (Lipinski definition) is 3. The van der Waals surface area contributed by atoms with Gasteiger partial charge in [0, 0.05) is 4.90 Å². The smallest absolute Gasteiger partial charge is 0.288 e. The van der Waals surface area contributed by atoms with Crippen molar-refractivity contribution in [3.05, 3.63) is 66.2 Å². The van der Waals surface area contributed by atoms with E-state index < -0.39 is 5.76 Å². The molecule has 1 saturated heterocycles. The predicted octanol–water partition coefficient (Wildman–Crippen LogP) is 1.44. The molecule has 4 nitrogen and oxygen atoms in total. The monoisotopic (exact) mass is 419 g/mol. The van der Waals surface area contributed by atoms with E-state index in [4.69, 9.17) is 0 Å². The normalized spacial score (nSPS) is 19.6. The van der Waals surface area contributed by atoms with Gasteiger partial charge in [-0.05, 0) is 23.8 Å². The molecule has 29 heavy (non-hydrogen) atoms. The molecule has 2 aromatic rings. The fourth-order valence-electron chi connectivity index (χ4n) is 3.45. The highest BCUT2D eigenvalue weighted by Crippen LogP contribution is 2.31. The molecule has 1 aliphatic rings. The van der Waals surface area contributed by atoms with Gasteiger partial charge in [0.15, 0.2) is 6.54 Å². The van der Waals surface area contributed by atoms with Crippen molar-refractivity contribution in [2.75, 3.05) is 44.6 Å². The second-order valence-corrected chi connectivity index (χ2v) is 8.15. The fraction of sp³-hybridized carbons (Fsp3) is 0.318. The quantitative estimate of drug-likeness (QED) is 0.567. The van der Waals surface area contributed by atoms with Gasteiger partial charge < -0.3 is 15.1 Å². The summed E-state index contributed by atoms with van der Waals surface area (Å²) in [7, 11) is 0. The zero-order valence-electron chi connectivity index (χ0n) is 16.2. The lowest BCUT2D eigenvalue weighted by molar-refractivity contribution is -1.01. The van der Waals surface area contributed by atoms with Gasteiger partial charge in [0.05, 0.1) is 12.2 Å². The summed E-state index contributed by atoms with van der Waals surface area (Å²) in [4.78, 5) is 15.5. The van der Waals surface area contributed by atoms with Crippen LogP contribution in [0.3, 0.4) is 0 Å². The lowest BCUT2D eigenvalue weighted by atomic mass is 10.2. The Morgan fingerprint density at radius 2 is 1.66 bits per heavy atom. The van der Waals surface area contributed by atoms with Crippen LogP contribution in [0, 0.1) is 0 Å². The molecule has 0 spiro atoms. The first-order valence-electron chi connectivity index (χ1n) is 9.82. The number of anilines is 1. The van der Waals surface area contributed by atoms with Gasteiger partial charge >= 0.3 is 0 Å². The van der Waals surface area contributed by atoms with Crippen molar-refractivity contribution in [3.8, 4) is 0 Å². The van der Waals surface area contributed by atoms with Crippen LogP contribution in [-0.4, -0.2) is 50.9 Å². The summed E-state index contributed by atoms with van der Waals surface area (Å²) < 4.78 is 25.3. The van der Waals surface area contributed by atoms with E-state index >= 15 is 0 Å². The van der Waals surface area contributed by atoms with E-state index in [0.717, 1.165) is 32.7 Å². The number of halogens is 2. The van der Waals surface area contributed by atoms with E-state index in [1.165, 1.54) is 15.4 Å². The van der Waals surface area contributed by atoms with Gasteiger partial charge in [0.1, 0.15) is 26.2 Å². The van der Waals surface area contributed by atoms with E-state index in [1.54, 1.807) is 24.3 Å². The Labute approximate surface area is 174 Å². The van der Waals surface area contributed by atoms with Gasteiger partial charge in [-0.1, -0.05) is 60.3 Å². The number of piperazine rings is 1. The third-order valence-electron chi connectivity index (χ3n) is 4.97. The Bertz CT molecular complexity index is 809. The number of carbonyl (C=O) groups excluding carboxylic acids is 1. The Morgan fingerprint density at radius 1 is 1.00 bits per heavy atom. The molecule has 3 N–H and O–H groups in total. The van der Waals surface area contributed by atoms with Crippen LogP contribution in [0.1, 0.15) is 5.56 Å². The van der Waals surface area contributed by atoms with Crippen LogP contribution in [0.2, 0.25) is 0 Å². The maximum Gasteiger partial charge on any atom is 0.288 e. The van der Waals surface area contributed by atoms with Crippen LogP contribution in [0.4, 0.5) is 14.5 Å². The molecule has 0 bridgehead atoms. The van der Waals surface area contributed by atoms with Crippen molar-refractivity contribution in [2.24, 2.45) is 0 Å². The van der Waals surface area contributed by atoms with E-state index in [-0.39, 0.29) is 5.91 Å². The van der Waals surface area contributed by atoms with Crippen molar-refractivity contribution in [1.29, 1.82) is 0 Å². The summed E-state index contributed by atoms with van der Waals surface area (Å²) in [5.41, 5.74) is 1.66. The number of thioether (sulfide) groups is 1. The maximum absolute atomic E-state index is 12.7. The molecule has 0 unspecified atom stereocenters. The van der Waals surface area contributed by atoms with Crippen LogP contribution in [-0.2, 0) is 4.79 Å². The van der Waals surface area contributed by atoms with Gasteiger partial charge in [0.25, 0.3) is 11.7 Å². The Kier molecular flexibility index (Phi) is 8.22. The van der Waals surface area contributed by atoms with Crippen LogP contribution in [0.15, 0.2) is 65.6 Å². The Hall–Kier alpha value is -2.22. The number of rotatable bonds is 8. The van der Waals surface area contributed by atoms with Crippen LogP contribution < -0.4 is 15.1 Å². The molecule has 1 fully saturated rings. The average Bonchev–Trinajstić information content (AvgIpc) is 2.71. The predicted molar refractivity (Wildman–Crippen MR) is 114 cm³/mol. The fourth-order valence-corrected chi connectivity index (χ4v) is 4.05. The Balaban J connectivity index is 1.41. The maximum atomic E-state index is 12.7. The molecule has 0 saturated carbocycles. The minimum atomic E-state index is -2.51. The number of quaternary nitrogens is 2. The van der Waals surface area contributed by atoms with Gasteiger partial charge in [-0.15, -0.1) is 0 Å². The lowest BCUT2D eigenvalue weighted by Crippen LogP contribution is -3.28. The molecule has 1 aliphatic heterocycles. The zero-order valence-corrected chi connectivity index (χ0v) is 17.1. The minimum absolute atomic E-state index is 0.130. The molecule has 0 radical (unpaired) electrons. The molecular formula is C22H27F2N3OS+2. The lowest BCUT2D eigenvalue weighted by Gasteiger charge is -2.28. The summed E-state index contributed by atoms with van der Waals surface area (Å²) in [6.07, 6.45) is 4.36. The second-order valence-electron chi connectivity index (χ2n) is 7.12. The summed E-state index contributed by atoms with van der Waals surface area (Å²) in [5.74, 6) is -2.64. The highest BCUT2D eigenvalue weighted by Gasteiger charge is 2.24. The molecular weight excluding hydrogens is 392 g/mol. The molecule has 1 heterocycles. The average molecular weight is 420 g/mol. The number of carbonyl (C=O) groups is 1. The Morgan fingerprint density at radius 3 is 2.38 bits per heavy atom. The first-order valence-corrected chi connectivity index (χ1v) is 10.7. The van der Waals surface area contributed by atoms with Crippen molar-refractivity contribution in [3.63, 3.8) is 0 Å². The molecule has 154 valence electrons. The molecule has 0 aliphatic carbocycles. The molecule has 1 amide bonds. The van der Waals surface area contributed by atoms with Gasteiger partial charge in [-0.2, -0.15) is 8.78 Å². The zero-order chi connectivity index (χ0) is 20.5. The third kappa shape index (κ3) is 7.27. The van der Waals surface area contributed by atoms with Gasteiger partial charge in [0.2, 0.25) is 0 Å². The van der Waals surface area contributed by atoms with E-state index in [0.29, 0.717) is 28.9 Å². The summed E-state index contributed by atoms with van der Waals surface area (Å²) in [5, 5.41) is 2.79. The first-order chi connectivity index (χ1) is 14.1. The highest BCUT2D eigenvalue weighted by molar-refractivity contribution is 7.99. The van der Waals surface area contributed by atoms with Crippen molar-refractivity contribution in [2.45, 2.75) is 10.7 Å². The number of nitrogens with one attached hydrogen (secondary N) is 3. The number of para-hydroxylation sites is 1. The number of hydrogen-bond acceptors (Lipinski definition) is 2. The van der Waals surface area contributed by atoms with E-state index in [1.807, 2.05) is 18.2 Å². The van der Waals surface area contributed by atoms with E-state index in [9.17, 15) is 13.6 Å². The standard InChI is InChI=1S/C22H25F2N3OS/c23-22(24)29-20-11-5-4-10-19(20)25-21(28)17-27-15-13-26(14-16-27)12-6-9-18-7-2-1-3-8-18/h1-11,22H,12-17H2,(H,25,28)/p+2/b9-6+. The van der Waals surface area contributed by atoms with Gasteiger partial charge in [-0.25, -0.2) is 0 Å². The molecule has 0 atom stereocenters. The molecule has 7 heteroatoms. The van der Waals surface area contributed by atoms with Crippen molar-refractivity contribution in [1.82, 2.24) is 0 Å². The largest absolute Gasteiger partial charge is 0.322 e. The highest BCUT2D eigenvalue weighted by atomic mass is 32.2. The number of alkyl halides is 2. The minimum Gasteiger partial charge on any atom is -0.322 e. The molecule has 0 aromatic heterocycles. The third-order valence-corrected chi connectivity index (χ3v) is 5.76. The topological polar surface area (TPSA) is 38.0 Å². The van der Waals surface area contributed by atoms with Gasteiger partial charge in [-0.3, -0.25) is 4.79 Å². The van der Waals surface area contributed by atoms with Crippen LogP contribution >= 0.6 is 11.8 Å². The summed E-state index contributed by atoms with van der Waals surface area (Å²) in [6, 6.07) is 17.0. The SMILES string of the molecule is O=C(C[NH+]1CC[NH+](C/C=C/c2ccccc2)CC1)Nc1ccccc1SC(F)F. The van der Waals surface area contributed by atoms with Crippen molar-refractivity contribution < 1.29 is 23.4 Å².